The molecule has 1 aromatic carbocycles. The third kappa shape index (κ3) is 4.89. The first-order chi connectivity index (χ1) is 15.5. The molecule has 2 amide bonds. The highest BCUT2D eigenvalue weighted by atomic mass is 35.5. The molecule has 2 aromatic rings. The normalized spacial score (nSPS) is 20.8. The number of fused-ring (bicyclic) bond motifs is 1. The fourth-order valence-electron chi connectivity index (χ4n) is 4.42. The van der Waals surface area contributed by atoms with Gasteiger partial charge in [0.15, 0.2) is 6.04 Å². The number of hydrogen-bond acceptors (Lipinski definition) is 4. The number of alkyl halides is 3. The molecule has 1 aliphatic carbocycles. The zero-order valence-electron chi connectivity index (χ0n) is 17.5. The topological polar surface area (TPSA) is 74.3 Å². The first kappa shape index (κ1) is 23.6. The van der Waals surface area contributed by atoms with Gasteiger partial charge in [-0.25, -0.2) is 4.98 Å². The standard InChI is InChI=1S/C22H21Cl2F3N4O2/c1-31(21(33)13-7-18(32)29-10-13)20(22(25,26)27)12-3-5-17(28-9-12)30-14-6-11-2-4-16(23)19(24)15(11)8-14/h2-5,9,13-14,20H,6-8,10H2,1H3,(H,28,30)(H,29,32)/t13-,14?,20+/m1/s1. The molecule has 1 saturated heterocycles. The van der Waals surface area contributed by atoms with Crippen molar-refractivity contribution >= 4 is 40.8 Å². The first-order valence-electron chi connectivity index (χ1n) is 10.3. The summed E-state index contributed by atoms with van der Waals surface area (Å²) >= 11 is 12.4. The van der Waals surface area contributed by atoms with Gasteiger partial charge < -0.3 is 15.5 Å². The highest BCUT2D eigenvalue weighted by Crippen LogP contribution is 2.38. The van der Waals surface area contributed by atoms with E-state index in [1.54, 1.807) is 6.07 Å². The summed E-state index contributed by atoms with van der Waals surface area (Å²) in [5.41, 5.74) is 1.86. The molecule has 1 fully saturated rings. The second kappa shape index (κ2) is 9.02. The molecule has 0 radical (unpaired) electrons. The number of amides is 2. The molecule has 33 heavy (non-hydrogen) atoms. The Labute approximate surface area is 198 Å². The van der Waals surface area contributed by atoms with Crippen molar-refractivity contribution in [2.45, 2.75) is 37.5 Å². The van der Waals surface area contributed by atoms with Gasteiger partial charge in [0.05, 0.1) is 16.0 Å². The minimum absolute atomic E-state index is 0.0237. The first-order valence-corrected chi connectivity index (χ1v) is 11.1. The molecule has 6 nitrogen and oxygen atoms in total. The third-order valence-electron chi connectivity index (χ3n) is 6.04. The Bertz CT molecular complexity index is 1080. The van der Waals surface area contributed by atoms with Crippen LogP contribution in [0.1, 0.15) is 29.2 Å². The van der Waals surface area contributed by atoms with Crippen LogP contribution in [-0.2, 0) is 22.4 Å². The summed E-state index contributed by atoms with van der Waals surface area (Å²) in [7, 11) is 1.10. The van der Waals surface area contributed by atoms with Crippen molar-refractivity contribution in [3.05, 3.63) is 57.2 Å². The zero-order chi connectivity index (χ0) is 23.9. The van der Waals surface area contributed by atoms with Gasteiger partial charge in [-0.3, -0.25) is 9.59 Å². The number of carbonyl (C=O) groups is 2. The second-order valence-corrected chi connectivity index (χ2v) is 9.11. The Balaban J connectivity index is 1.47. The summed E-state index contributed by atoms with van der Waals surface area (Å²) < 4.78 is 41.7. The van der Waals surface area contributed by atoms with Crippen molar-refractivity contribution in [1.29, 1.82) is 0 Å². The van der Waals surface area contributed by atoms with E-state index in [1.807, 2.05) is 6.07 Å². The van der Waals surface area contributed by atoms with Crippen LogP contribution in [0, 0.1) is 5.92 Å². The smallest absolute Gasteiger partial charge is 0.367 e. The van der Waals surface area contributed by atoms with E-state index in [2.05, 4.69) is 15.6 Å². The van der Waals surface area contributed by atoms with E-state index in [0.717, 1.165) is 24.4 Å². The van der Waals surface area contributed by atoms with Gasteiger partial charge in [0.2, 0.25) is 11.8 Å². The summed E-state index contributed by atoms with van der Waals surface area (Å²) in [6, 6.07) is 4.23. The number of nitrogens with one attached hydrogen (secondary N) is 2. The largest absolute Gasteiger partial charge is 0.413 e. The van der Waals surface area contributed by atoms with Crippen LogP contribution in [0.2, 0.25) is 10.0 Å². The number of rotatable bonds is 5. The molecule has 0 saturated carbocycles. The Morgan fingerprint density at radius 3 is 2.58 bits per heavy atom. The molecule has 0 bridgehead atoms. The minimum Gasteiger partial charge on any atom is -0.367 e. The van der Waals surface area contributed by atoms with Crippen molar-refractivity contribution in [1.82, 2.24) is 15.2 Å². The van der Waals surface area contributed by atoms with Gasteiger partial charge >= 0.3 is 6.18 Å². The SMILES string of the molecule is CN(C(=O)[C@H]1CNC(=O)C1)[C@@H](c1ccc(NC2Cc3ccc(Cl)c(Cl)c3C2)nc1)C(F)(F)F. The Morgan fingerprint density at radius 2 is 1.97 bits per heavy atom. The maximum Gasteiger partial charge on any atom is 0.413 e. The van der Waals surface area contributed by atoms with Crippen LogP contribution in [0.3, 0.4) is 0 Å². The van der Waals surface area contributed by atoms with E-state index < -0.39 is 24.0 Å². The minimum atomic E-state index is -4.71. The van der Waals surface area contributed by atoms with Gasteiger partial charge in [-0.15, -0.1) is 0 Å². The summed E-state index contributed by atoms with van der Waals surface area (Å²) in [6.45, 7) is 0.0344. The van der Waals surface area contributed by atoms with Crippen LogP contribution in [0.5, 0.6) is 0 Å². The van der Waals surface area contributed by atoms with Gasteiger partial charge in [-0.2, -0.15) is 13.2 Å². The summed E-state index contributed by atoms with van der Waals surface area (Å²) in [4.78, 5) is 28.8. The number of anilines is 1. The maximum absolute atomic E-state index is 13.9. The molecule has 2 N–H and O–H groups in total. The predicted octanol–water partition coefficient (Wildman–Crippen LogP) is 4.17. The van der Waals surface area contributed by atoms with Gasteiger partial charge in [-0.1, -0.05) is 35.3 Å². The lowest BCUT2D eigenvalue weighted by atomic mass is 10.0. The second-order valence-electron chi connectivity index (χ2n) is 8.32. The third-order valence-corrected chi connectivity index (χ3v) is 6.88. The molecular formula is C22H21Cl2F3N4O2. The van der Waals surface area contributed by atoms with Gasteiger partial charge in [0, 0.05) is 37.8 Å². The van der Waals surface area contributed by atoms with Crippen LogP contribution in [0.4, 0.5) is 19.0 Å². The molecule has 1 aromatic heterocycles. The van der Waals surface area contributed by atoms with Gasteiger partial charge in [0.1, 0.15) is 5.82 Å². The number of nitrogens with zero attached hydrogens (tertiary/aromatic N) is 2. The van der Waals surface area contributed by atoms with Gasteiger partial charge in [-0.05, 0) is 36.1 Å². The maximum atomic E-state index is 13.9. The summed E-state index contributed by atoms with van der Waals surface area (Å²) in [5, 5.41) is 6.69. The molecule has 1 unspecified atom stereocenters. The van der Waals surface area contributed by atoms with Crippen molar-refractivity contribution < 1.29 is 22.8 Å². The highest BCUT2D eigenvalue weighted by molar-refractivity contribution is 6.42. The van der Waals surface area contributed by atoms with Gasteiger partial charge in [0.25, 0.3) is 0 Å². The summed E-state index contributed by atoms with van der Waals surface area (Å²) in [5.74, 6) is -1.48. The lowest BCUT2D eigenvalue weighted by molar-refractivity contribution is -0.190. The van der Waals surface area contributed by atoms with Crippen LogP contribution in [0.25, 0.3) is 0 Å². The molecule has 0 spiro atoms. The van der Waals surface area contributed by atoms with Crippen molar-refractivity contribution in [3.8, 4) is 0 Å². The highest BCUT2D eigenvalue weighted by Gasteiger charge is 2.47. The van der Waals surface area contributed by atoms with E-state index in [1.165, 1.54) is 12.1 Å². The molecule has 2 heterocycles. The van der Waals surface area contributed by atoms with E-state index in [4.69, 9.17) is 23.2 Å². The molecule has 1 aliphatic heterocycles. The van der Waals surface area contributed by atoms with E-state index >= 15 is 0 Å². The number of benzene rings is 1. The molecule has 11 heteroatoms. The lowest BCUT2D eigenvalue weighted by Crippen LogP contribution is -2.43. The van der Waals surface area contributed by atoms with Crippen LogP contribution < -0.4 is 10.6 Å². The van der Waals surface area contributed by atoms with Crippen LogP contribution in [-0.4, -0.2) is 47.5 Å². The molecular weight excluding hydrogens is 480 g/mol. The van der Waals surface area contributed by atoms with E-state index in [9.17, 15) is 22.8 Å². The molecule has 2 aliphatic rings. The monoisotopic (exact) mass is 500 g/mol. The lowest BCUT2D eigenvalue weighted by Gasteiger charge is -2.31. The average molecular weight is 501 g/mol. The molecule has 176 valence electrons. The quantitative estimate of drug-likeness (QED) is 0.646. The molecule has 4 rings (SSSR count). The number of hydrogen-bond donors (Lipinski definition) is 2. The van der Waals surface area contributed by atoms with Crippen molar-refractivity contribution in [2.24, 2.45) is 5.92 Å². The predicted molar refractivity (Wildman–Crippen MR) is 118 cm³/mol. The van der Waals surface area contributed by atoms with E-state index in [-0.39, 0.29) is 30.5 Å². The van der Waals surface area contributed by atoms with Crippen molar-refractivity contribution in [2.75, 3.05) is 18.9 Å². The molecule has 3 atom stereocenters. The Hall–Kier alpha value is -2.52. The number of halogens is 5. The fourth-order valence-corrected chi connectivity index (χ4v) is 4.86. The zero-order valence-corrected chi connectivity index (χ0v) is 19.1. The average Bonchev–Trinajstić information content (AvgIpc) is 3.37. The Morgan fingerprint density at radius 1 is 1.21 bits per heavy atom. The fraction of sp³-hybridized carbons (Fsp3) is 0.409. The summed E-state index contributed by atoms with van der Waals surface area (Å²) in [6.07, 6.45) is -2.40. The van der Waals surface area contributed by atoms with Crippen LogP contribution in [0.15, 0.2) is 30.5 Å². The number of carbonyl (C=O) groups excluding carboxylic acids is 2. The van der Waals surface area contributed by atoms with Crippen LogP contribution >= 0.6 is 23.2 Å². The Kier molecular flexibility index (Phi) is 6.46. The van der Waals surface area contributed by atoms with E-state index in [0.29, 0.717) is 33.6 Å². The number of pyridine rings is 1. The van der Waals surface area contributed by atoms with Crippen molar-refractivity contribution in [3.63, 3.8) is 0 Å². The number of aromatic nitrogens is 1.